The Hall–Kier alpha value is -2.64. The van der Waals surface area contributed by atoms with Gasteiger partial charge in [0.05, 0.1) is 3.57 Å². The third-order valence-electron chi connectivity index (χ3n) is 12.7. The average molecular weight is 1300 g/mol. The Morgan fingerprint density at radius 1 is 0.536 bits per heavy atom. The minimum absolute atomic E-state index is 0.0776. The van der Waals surface area contributed by atoms with Gasteiger partial charge in [0.2, 0.25) is 0 Å². The number of aryl methyl sites for hydroxylation is 2. The first-order valence-electron chi connectivity index (χ1n) is 24.2. The fraction of sp³-hybridized carbons (Fsp3) is 0.379. The van der Waals surface area contributed by atoms with E-state index < -0.39 is 16.8 Å². The van der Waals surface area contributed by atoms with Gasteiger partial charge in [0.1, 0.15) is 29.3 Å². The van der Waals surface area contributed by atoms with E-state index in [4.69, 9.17) is 26.5 Å². The van der Waals surface area contributed by atoms with Gasteiger partial charge in [-0.25, -0.2) is 0 Å². The fourth-order valence-electron chi connectivity index (χ4n) is 8.83. The first-order chi connectivity index (χ1) is 32.7. The van der Waals surface area contributed by atoms with E-state index in [0.29, 0.717) is 11.5 Å². The maximum atomic E-state index is 7.49. The number of hydrogen-bond acceptors (Lipinski definition) is 6. The zero-order valence-corrected chi connectivity index (χ0v) is 50.0. The van der Waals surface area contributed by atoms with Crippen LogP contribution in [-0.4, -0.2) is 0 Å². The molecule has 3 atom stereocenters. The lowest BCUT2D eigenvalue weighted by molar-refractivity contribution is 0.159. The highest BCUT2D eigenvalue weighted by atomic mass is 127. The Bertz CT molecular complexity index is 2940. The van der Waals surface area contributed by atoms with Crippen LogP contribution in [0.1, 0.15) is 153 Å². The summed E-state index contributed by atoms with van der Waals surface area (Å²) in [7, 11) is -3.93. The summed E-state index contributed by atoms with van der Waals surface area (Å²) in [6.45, 7) is 24.7. The molecular formula is C58H65I3O6P2. The number of unbranched alkanes of at least 4 members (excludes halogenated alkanes) is 2. The zero-order valence-electron chi connectivity index (χ0n) is 41.8. The molecule has 6 aromatic carbocycles. The molecule has 1 aromatic heterocycles. The molecular weight excluding hydrogens is 1240 g/mol. The minimum atomic E-state index is -2.05. The van der Waals surface area contributed by atoms with Crippen molar-refractivity contribution in [2.45, 2.75) is 143 Å². The first-order valence-corrected chi connectivity index (χ1v) is 29.6. The average Bonchev–Trinajstić information content (AvgIpc) is 3.65. The van der Waals surface area contributed by atoms with Crippen molar-refractivity contribution >= 4 is 107 Å². The van der Waals surface area contributed by atoms with E-state index in [1.165, 1.54) is 16.7 Å². The van der Waals surface area contributed by atoms with Gasteiger partial charge in [-0.2, -0.15) is 0 Å². The first kappa shape index (κ1) is 52.7. The Balaban J connectivity index is 1.37. The summed E-state index contributed by atoms with van der Waals surface area (Å²) < 4.78 is 46.2. The van der Waals surface area contributed by atoms with Crippen LogP contribution in [0.2, 0.25) is 0 Å². The van der Waals surface area contributed by atoms with E-state index in [-0.39, 0.29) is 28.5 Å². The Kier molecular flexibility index (Phi) is 16.7. The Labute approximate surface area is 453 Å². The molecule has 6 nitrogen and oxygen atoms in total. The van der Waals surface area contributed by atoms with Crippen molar-refractivity contribution in [1.82, 2.24) is 0 Å². The molecule has 1 unspecified atom stereocenters. The van der Waals surface area contributed by atoms with Crippen molar-refractivity contribution < 1.29 is 26.5 Å². The van der Waals surface area contributed by atoms with Gasteiger partial charge >= 0.3 is 16.8 Å². The summed E-state index contributed by atoms with van der Waals surface area (Å²) in [4.78, 5) is 0. The van der Waals surface area contributed by atoms with Crippen LogP contribution in [0.3, 0.4) is 0 Å². The van der Waals surface area contributed by atoms with Gasteiger partial charge in [0.15, 0.2) is 5.58 Å². The molecule has 0 saturated carbocycles. The molecule has 8 rings (SSSR count). The zero-order chi connectivity index (χ0) is 49.4. The maximum Gasteiger partial charge on any atom is 0.453 e. The number of benzene rings is 6. The molecule has 69 heavy (non-hydrogen) atoms. The molecule has 1 aliphatic rings. The fourth-order valence-corrected chi connectivity index (χ4v) is 13.5. The quantitative estimate of drug-likeness (QED) is 0.0847. The van der Waals surface area contributed by atoms with Crippen molar-refractivity contribution in [3.8, 4) is 22.6 Å². The van der Waals surface area contributed by atoms with Crippen molar-refractivity contribution in [3.05, 3.63) is 159 Å². The molecule has 364 valence electrons. The van der Waals surface area contributed by atoms with Crippen LogP contribution in [-0.2, 0) is 38.1 Å². The largest absolute Gasteiger partial charge is 0.453 e. The van der Waals surface area contributed by atoms with E-state index in [1.54, 1.807) is 0 Å². The van der Waals surface area contributed by atoms with Crippen LogP contribution in [0.4, 0.5) is 0 Å². The van der Waals surface area contributed by atoms with Crippen molar-refractivity contribution in [3.63, 3.8) is 0 Å². The van der Waals surface area contributed by atoms with Gasteiger partial charge in [0.25, 0.3) is 0 Å². The summed E-state index contributed by atoms with van der Waals surface area (Å²) in [5.74, 6) is 1.41. The summed E-state index contributed by atoms with van der Waals surface area (Å²) in [6, 6.07) is 38.8. The van der Waals surface area contributed by atoms with Gasteiger partial charge in [-0.3, -0.25) is 9.05 Å². The molecule has 1 aliphatic heterocycles. The standard InChI is InChI=1S/C58H65I3O6P2/c1-12-14-22-36-28-39(23-15-13-2)50-43(29-36)44-30-40(56(3,4)5)31-49(61)55(44)67-68(62-50)65-53-45(32-41(59)34-47(53)57(6,7)8)46-33-42(60)35-48(58(9,10)11)54(46)66-69-63-51(37-24-18-16-19-25-37)52(64-69)38-26-20-17-21-27-38/h16-21,24-35,51-52H,12-15,22-23H2,1-11H3/t51-,52-,68?/m1/s1. The van der Waals surface area contributed by atoms with Gasteiger partial charge < -0.3 is 17.4 Å². The Morgan fingerprint density at radius 3 is 1.54 bits per heavy atom. The number of hydrogen-bond donors (Lipinski definition) is 0. The summed E-state index contributed by atoms with van der Waals surface area (Å²) >= 11 is 7.34. The molecule has 0 aliphatic carbocycles. The van der Waals surface area contributed by atoms with Crippen molar-refractivity contribution in [2.24, 2.45) is 0 Å². The van der Waals surface area contributed by atoms with E-state index in [1.807, 2.05) is 36.4 Å². The van der Waals surface area contributed by atoms with Crippen LogP contribution in [0.25, 0.3) is 33.1 Å². The van der Waals surface area contributed by atoms with Crippen molar-refractivity contribution in [1.29, 1.82) is 0 Å². The summed E-state index contributed by atoms with van der Waals surface area (Å²) in [5, 5.41) is 2.13. The second kappa shape index (κ2) is 21.8. The van der Waals surface area contributed by atoms with E-state index in [0.717, 1.165) is 105 Å². The monoisotopic (exact) mass is 1300 g/mol. The molecule has 0 amide bonds. The number of halogens is 3. The lowest BCUT2D eigenvalue weighted by Crippen LogP contribution is -2.15. The highest BCUT2D eigenvalue weighted by molar-refractivity contribution is 14.1. The summed E-state index contributed by atoms with van der Waals surface area (Å²) in [5.41, 5.74) is 10.6. The van der Waals surface area contributed by atoms with Gasteiger partial charge in [-0.1, -0.05) is 156 Å². The third-order valence-corrected chi connectivity index (χ3v) is 16.8. The Morgan fingerprint density at radius 2 is 1.03 bits per heavy atom. The second-order valence-corrected chi connectivity index (χ2v) is 27.0. The predicted octanol–water partition coefficient (Wildman–Crippen LogP) is 20.3. The van der Waals surface area contributed by atoms with Crippen LogP contribution < -0.4 is 9.05 Å². The van der Waals surface area contributed by atoms with Crippen LogP contribution >= 0.6 is 84.6 Å². The third kappa shape index (κ3) is 12.1. The van der Waals surface area contributed by atoms with Crippen LogP contribution in [0, 0.1) is 10.7 Å². The predicted molar refractivity (Wildman–Crippen MR) is 314 cm³/mol. The topological polar surface area (TPSA) is 63.2 Å². The SMILES string of the molecule is CCCCc1cc(CCCC)c2op(Oc3c(-c4cc(I)cc(C(C)(C)C)c4OP4O[C@H](c5ccccc5)[C@@H](c5ccccc5)O4)cc(I)cc3C(C)(C)C)oc3c(I)cc(C(C)(C)C)cc3c2c1. The van der Waals surface area contributed by atoms with E-state index >= 15 is 0 Å². The minimum Gasteiger partial charge on any atom is -0.426 e. The molecule has 1 fully saturated rings. The molecule has 2 heterocycles. The lowest BCUT2D eigenvalue weighted by atomic mass is 9.82. The molecule has 0 radical (unpaired) electrons. The van der Waals surface area contributed by atoms with E-state index in [9.17, 15) is 0 Å². The molecule has 0 bridgehead atoms. The highest BCUT2D eigenvalue weighted by Crippen LogP contribution is 2.62. The highest BCUT2D eigenvalue weighted by Gasteiger charge is 2.43. The van der Waals surface area contributed by atoms with Gasteiger partial charge in [0, 0.05) is 40.2 Å². The van der Waals surface area contributed by atoms with Crippen LogP contribution in [0.15, 0.2) is 118 Å². The summed E-state index contributed by atoms with van der Waals surface area (Å²) in [6.07, 6.45) is 5.57. The molecule has 11 heteroatoms. The van der Waals surface area contributed by atoms with E-state index in [2.05, 4.69) is 217 Å². The number of rotatable bonds is 13. The lowest BCUT2D eigenvalue weighted by Gasteiger charge is -2.28. The smallest absolute Gasteiger partial charge is 0.426 e. The molecule has 0 spiro atoms. The molecule has 0 N–H and O–H groups in total. The molecule has 1 saturated heterocycles. The van der Waals surface area contributed by atoms with Crippen LogP contribution in [0.5, 0.6) is 11.5 Å². The maximum absolute atomic E-state index is 7.49. The van der Waals surface area contributed by atoms with Crippen molar-refractivity contribution in [2.75, 3.05) is 0 Å². The van der Waals surface area contributed by atoms with Gasteiger partial charge in [-0.15, -0.1) is 0 Å². The number of fused-ring (bicyclic) bond motifs is 3. The second-order valence-electron chi connectivity index (χ2n) is 21.3. The van der Waals surface area contributed by atoms with Gasteiger partial charge in [-0.05, 0) is 180 Å². The normalized spacial score (nSPS) is 16.1. The molecule has 7 aromatic rings.